The lowest BCUT2D eigenvalue weighted by molar-refractivity contribution is 0.344. The minimum Gasteiger partial charge on any atom is -0.489 e. The fraction of sp³-hybridized carbons (Fsp3) is 0.0833. The summed E-state index contributed by atoms with van der Waals surface area (Å²) in [5, 5.41) is 0.802. The van der Waals surface area contributed by atoms with Crippen LogP contribution in [0.15, 0.2) is 89.9 Å². The smallest absolute Gasteiger partial charge is 0.268 e. The summed E-state index contributed by atoms with van der Waals surface area (Å²) in [6.07, 6.45) is 3.59. The molecule has 0 saturated carbocycles. The summed E-state index contributed by atoms with van der Waals surface area (Å²) in [7, 11) is 0. The Labute approximate surface area is 167 Å². The van der Waals surface area contributed by atoms with Gasteiger partial charge in [0.05, 0.1) is 16.6 Å². The lowest BCUT2D eigenvalue weighted by Crippen LogP contribution is -2.27. The van der Waals surface area contributed by atoms with Crippen molar-refractivity contribution in [3.8, 4) is 17.2 Å². The van der Waals surface area contributed by atoms with Gasteiger partial charge in [-0.3, -0.25) is 9.36 Å². The van der Waals surface area contributed by atoms with Crippen molar-refractivity contribution in [2.45, 2.75) is 0 Å². The van der Waals surface area contributed by atoms with E-state index in [2.05, 4.69) is 4.98 Å². The Balaban J connectivity index is 1.68. The van der Waals surface area contributed by atoms with E-state index >= 15 is 0 Å². The molecule has 1 aliphatic heterocycles. The average Bonchev–Trinajstić information content (AvgIpc) is 2.79. The lowest BCUT2D eigenvalue weighted by atomic mass is 10.0. The van der Waals surface area contributed by atoms with Gasteiger partial charge >= 0.3 is 0 Å². The summed E-state index contributed by atoms with van der Waals surface area (Å²) < 4.78 is 13.5. The van der Waals surface area contributed by atoms with Gasteiger partial charge in [-0.2, -0.15) is 0 Å². The van der Waals surface area contributed by atoms with Crippen molar-refractivity contribution in [2.75, 3.05) is 13.2 Å². The van der Waals surface area contributed by atoms with Crippen LogP contribution in [0.1, 0.15) is 5.56 Å². The molecule has 0 atom stereocenters. The van der Waals surface area contributed by atoms with E-state index in [0.29, 0.717) is 23.6 Å². The predicted molar refractivity (Wildman–Crippen MR) is 113 cm³/mol. The van der Waals surface area contributed by atoms with Gasteiger partial charge < -0.3 is 9.47 Å². The molecule has 5 nitrogen and oxygen atoms in total. The van der Waals surface area contributed by atoms with Crippen LogP contribution in [0.4, 0.5) is 0 Å². The van der Waals surface area contributed by atoms with E-state index < -0.39 is 0 Å². The Morgan fingerprint density at radius 3 is 2.52 bits per heavy atom. The number of pyridine rings is 2. The van der Waals surface area contributed by atoms with Crippen LogP contribution in [0, 0.1) is 0 Å². The fourth-order valence-electron chi connectivity index (χ4n) is 3.58. The zero-order valence-electron chi connectivity index (χ0n) is 15.6. The number of fused-ring (bicyclic) bond motifs is 3. The number of benzene rings is 2. The van der Waals surface area contributed by atoms with Crippen LogP contribution in [-0.2, 0) is 0 Å². The summed E-state index contributed by atoms with van der Waals surface area (Å²) in [6.45, 7) is 0.676. The fourth-order valence-corrected chi connectivity index (χ4v) is 3.58. The average molecular weight is 382 g/mol. The maximum absolute atomic E-state index is 13.6. The number of hydrogen-bond donors (Lipinski definition) is 0. The molecular weight excluding hydrogens is 364 g/mol. The Kier molecular flexibility index (Phi) is 4.33. The Hall–Kier alpha value is -3.86. The molecule has 2 aromatic carbocycles. The molecule has 29 heavy (non-hydrogen) atoms. The number of para-hydroxylation sites is 2. The lowest BCUT2D eigenvalue weighted by Gasteiger charge is -2.22. The zero-order valence-corrected chi connectivity index (χ0v) is 15.6. The molecule has 5 heteroatoms. The molecule has 3 heterocycles. The van der Waals surface area contributed by atoms with Crippen molar-refractivity contribution in [3.05, 3.63) is 101 Å². The van der Waals surface area contributed by atoms with Gasteiger partial charge in [-0.15, -0.1) is 0 Å². The third-order valence-electron chi connectivity index (χ3n) is 4.92. The minimum absolute atomic E-state index is 0.167. The molecule has 0 fully saturated rings. The van der Waals surface area contributed by atoms with Gasteiger partial charge in [-0.1, -0.05) is 36.4 Å². The normalized spacial score (nSPS) is 12.8. The zero-order chi connectivity index (χ0) is 19.6. The quantitative estimate of drug-likeness (QED) is 0.530. The van der Waals surface area contributed by atoms with Gasteiger partial charge in [0.25, 0.3) is 5.56 Å². The van der Waals surface area contributed by atoms with Crippen LogP contribution in [0.3, 0.4) is 0 Å². The molecule has 0 saturated heterocycles. The van der Waals surface area contributed by atoms with Gasteiger partial charge in [0.2, 0.25) is 0 Å². The molecule has 0 amide bonds. The second kappa shape index (κ2) is 7.28. The Morgan fingerprint density at radius 1 is 0.966 bits per heavy atom. The number of rotatable bonds is 4. The highest BCUT2D eigenvalue weighted by Gasteiger charge is 2.25. The maximum atomic E-state index is 13.6. The van der Waals surface area contributed by atoms with Crippen LogP contribution in [0.25, 0.3) is 22.3 Å². The molecule has 4 aromatic rings. The van der Waals surface area contributed by atoms with Crippen LogP contribution in [0.5, 0.6) is 11.5 Å². The van der Waals surface area contributed by atoms with Crippen molar-refractivity contribution >= 4 is 16.6 Å². The second-order valence-electron chi connectivity index (χ2n) is 6.70. The first-order chi connectivity index (χ1) is 14.3. The molecule has 5 rings (SSSR count). The van der Waals surface area contributed by atoms with E-state index in [4.69, 9.17) is 9.47 Å². The molecule has 0 radical (unpaired) electrons. The van der Waals surface area contributed by atoms with Crippen LogP contribution >= 0.6 is 0 Å². The number of nitrogens with zero attached hydrogens (tertiary/aromatic N) is 2. The highest BCUT2D eigenvalue weighted by Crippen LogP contribution is 2.34. The molecule has 0 N–H and O–H groups in total. The Bertz CT molecular complexity index is 1260. The summed E-state index contributed by atoms with van der Waals surface area (Å²) in [6, 6.07) is 22.9. The van der Waals surface area contributed by atoms with Crippen LogP contribution in [0.2, 0.25) is 0 Å². The maximum Gasteiger partial charge on any atom is 0.268 e. The molecule has 0 unspecified atom stereocenters. The first-order valence-electron chi connectivity index (χ1n) is 9.42. The highest BCUT2D eigenvalue weighted by atomic mass is 16.5. The molecule has 0 aliphatic carbocycles. The third kappa shape index (κ3) is 3.06. The molecule has 142 valence electrons. The minimum atomic E-state index is -0.167. The van der Waals surface area contributed by atoms with Gasteiger partial charge in [0.1, 0.15) is 24.7 Å². The van der Waals surface area contributed by atoms with E-state index in [-0.39, 0.29) is 12.2 Å². The summed E-state index contributed by atoms with van der Waals surface area (Å²) in [5.41, 5.74) is 2.51. The summed E-state index contributed by atoms with van der Waals surface area (Å²) in [4.78, 5) is 18.1. The van der Waals surface area contributed by atoms with Crippen molar-refractivity contribution in [1.82, 2.24) is 9.55 Å². The van der Waals surface area contributed by atoms with Crippen molar-refractivity contribution < 1.29 is 9.47 Å². The first kappa shape index (κ1) is 17.3. The first-order valence-corrected chi connectivity index (χ1v) is 9.42. The van der Waals surface area contributed by atoms with E-state index in [1.807, 2.05) is 78.9 Å². The summed E-state index contributed by atoms with van der Waals surface area (Å²) in [5.74, 6) is 1.33. The van der Waals surface area contributed by atoms with Crippen molar-refractivity contribution in [2.24, 2.45) is 0 Å². The van der Waals surface area contributed by atoms with Crippen LogP contribution < -0.4 is 15.0 Å². The number of hydrogen-bond acceptors (Lipinski definition) is 4. The van der Waals surface area contributed by atoms with E-state index in [0.717, 1.165) is 22.4 Å². The molecule has 0 bridgehead atoms. The monoisotopic (exact) mass is 382 g/mol. The summed E-state index contributed by atoms with van der Waals surface area (Å²) >= 11 is 0. The number of aromatic nitrogens is 2. The molecular formula is C24H18N2O3. The van der Waals surface area contributed by atoms with Crippen molar-refractivity contribution in [3.63, 3.8) is 0 Å². The van der Waals surface area contributed by atoms with E-state index in [9.17, 15) is 4.79 Å². The second-order valence-corrected chi connectivity index (χ2v) is 6.70. The van der Waals surface area contributed by atoms with Crippen molar-refractivity contribution in [1.29, 1.82) is 0 Å². The van der Waals surface area contributed by atoms with E-state index in [1.54, 1.807) is 10.8 Å². The predicted octanol–water partition coefficient (Wildman–Crippen LogP) is 4.24. The van der Waals surface area contributed by atoms with Gasteiger partial charge in [-0.05, 0) is 42.5 Å². The molecule has 1 aliphatic rings. The standard InChI is InChI=1S/C24H18N2O3/c27-24-21-17(16-29-19-10-5-2-6-11-19)13-15-28-22(21)20-12-7-14-25-23(20)26(24)18-8-3-1-4-9-18/h1-14H,15-16H2. The van der Waals surface area contributed by atoms with Gasteiger partial charge in [0.15, 0.2) is 5.65 Å². The third-order valence-corrected chi connectivity index (χ3v) is 4.92. The Morgan fingerprint density at radius 2 is 1.72 bits per heavy atom. The van der Waals surface area contributed by atoms with Gasteiger partial charge in [-0.25, -0.2) is 4.98 Å². The van der Waals surface area contributed by atoms with E-state index in [1.165, 1.54) is 0 Å². The SMILES string of the molecule is O=c1c2c(c3cccnc3n1-c1ccccc1)OCC=C2COc1ccccc1. The van der Waals surface area contributed by atoms with Crippen LogP contribution in [-0.4, -0.2) is 22.8 Å². The largest absolute Gasteiger partial charge is 0.489 e. The van der Waals surface area contributed by atoms with Gasteiger partial charge in [0, 0.05) is 11.8 Å². The molecule has 2 aromatic heterocycles. The topological polar surface area (TPSA) is 53.4 Å². The highest BCUT2D eigenvalue weighted by molar-refractivity contribution is 5.90. The molecule has 0 spiro atoms. The number of ether oxygens (including phenoxy) is 2.